The fraction of sp³-hybridized carbons (Fsp3) is 0.350. The van der Waals surface area contributed by atoms with Gasteiger partial charge >= 0.3 is 0 Å². The topological polar surface area (TPSA) is 29.5 Å². The summed E-state index contributed by atoms with van der Waals surface area (Å²) in [6, 6.07) is 14.8. The van der Waals surface area contributed by atoms with Crippen LogP contribution in [-0.4, -0.2) is 23.0 Å². The molecular formula is C20H21Cl2NO2. The van der Waals surface area contributed by atoms with Crippen molar-refractivity contribution in [3.05, 3.63) is 64.1 Å². The first-order valence-corrected chi connectivity index (χ1v) is 9.13. The largest absolute Gasteiger partial charge is 0.478 e. The lowest BCUT2D eigenvalue weighted by Crippen LogP contribution is -2.48. The molecule has 0 radical (unpaired) electrons. The van der Waals surface area contributed by atoms with Crippen LogP contribution in [0.15, 0.2) is 48.5 Å². The molecule has 0 spiro atoms. The second kappa shape index (κ2) is 7.27. The minimum Gasteiger partial charge on any atom is -0.478 e. The van der Waals surface area contributed by atoms with Crippen LogP contribution in [0.3, 0.4) is 0 Å². The molecule has 0 saturated carbocycles. The van der Waals surface area contributed by atoms with Crippen LogP contribution in [0.4, 0.5) is 0 Å². The van der Waals surface area contributed by atoms with Crippen molar-refractivity contribution in [2.75, 3.05) is 6.54 Å². The number of amides is 1. The van der Waals surface area contributed by atoms with Crippen molar-refractivity contribution >= 4 is 29.1 Å². The summed E-state index contributed by atoms with van der Waals surface area (Å²) in [5, 5.41) is 1.34. The first kappa shape index (κ1) is 18.1. The number of carbonyl (C=O) groups excluding carboxylic acids is 1. The molecule has 1 heterocycles. The zero-order chi connectivity index (χ0) is 18.0. The average Bonchev–Trinajstić information content (AvgIpc) is 3.06. The predicted octanol–water partition coefficient (Wildman–Crippen LogP) is 5.51. The normalized spacial score (nSPS) is 17.6. The van der Waals surface area contributed by atoms with Crippen LogP contribution in [-0.2, 0) is 4.79 Å². The third kappa shape index (κ3) is 4.10. The van der Waals surface area contributed by atoms with E-state index in [0.717, 1.165) is 24.9 Å². The summed E-state index contributed by atoms with van der Waals surface area (Å²) in [4.78, 5) is 15.1. The van der Waals surface area contributed by atoms with Crippen LogP contribution in [0.25, 0.3) is 0 Å². The SMILES string of the molecule is CC(C)(Oc1ccc(Cl)cc1)C(=O)N1CCCC1c1ccc(Cl)cc1. The number of benzene rings is 2. The Labute approximate surface area is 158 Å². The zero-order valence-electron chi connectivity index (χ0n) is 14.3. The maximum absolute atomic E-state index is 13.1. The molecule has 5 heteroatoms. The highest BCUT2D eigenvalue weighted by atomic mass is 35.5. The summed E-state index contributed by atoms with van der Waals surface area (Å²) in [6.45, 7) is 4.35. The third-order valence-corrected chi connectivity index (χ3v) is 4.97. The standard InChI is InChI=1S/C20H21Cl2NO2/c1-20(2,25-17-11-9-16(22)10-12-17)19(24)23-13-3-4-18(23)14-5-7-15(21)8-6-14/h5-12,18H,3-4,13H2,1-2H3. The van der Waals surface area contributed by atoms with Gasteiger partial charge in [-0.25, -0.2) is 0 Å². The lowest BCUT2D eigenvalue weighted by atomic mass is 10.0. The van der Waals surface area contributed by atoms with Gasteiger partial charge in [-0.15, -0.1) is 0 Å². The summed E-state index contributed by atoms with van der Waals surface area (Å²) in [6.07, 6.45) is 1.93. The lowest BCUT2D eigenvalue weighted by molar-refractivity contribution is -0.146. The van der Waals surface area contributed by atoms with Crippen molar-refractivity contribution in [3.8, 4) is 5.75 Å². The molecule has 132 valence electrons. The molecular weight excluding hydrogens is 357 g/mol. The Hall–Kier alpha value is -1.71. The molecule has 1 fully saturated rings. The second-order valence-electron chi connectivity index (χ2n) is 6.77. The first-order valence-electron chi connectivity index (χ1n) is 8.38. The number of hydrogen-bond acceptors (Lipinski definition) is 2. The number of likely N-dealkylation sites (tertiary alicyclic amines) is 1. The quantitative estimate of drug-likeness (QED) is 0.702. The third-order valence-electron chi connectivity index (χ3n) is 4.47. The molecule has 0 aromatic heterocycles. The van der Waals surface area contributed by atoms with E-state index in [4.69, 9.17) is 27.9 Å². The highest BCUT2D eigenvalue weighted by Crippen LogP contribution is 2.35. The number of hydrogen-bond donors (Lipinski definition) is 0. The fourth-order valence-corrected chi connectivity index (χ4v) is 3.48. The Morgan fingerprint density at radius 2 is 1.60 bits per heavy atom. The maximum Gasteiger partial charge on any atom is 0.266 e. The summed E-state index contributed by atoms with van der Waals surface area (Å²) in [7, 11) is 0. The number of nitrogens with zero attached hydrogens (tertiary/aromatic N) is 1. The molecule has 25 heavy (non-hydrogen) atoms. The molecule has 0 N–H and O–H groups in total. The Morgan fingerprint density at radius 3 is 2.20 bits per heavy atom. The van der Waals surface area contributed by atoms with E-state index < -0.39 is 5.60 Å². The first-order chi connectivity index (χ1) is 11.9. The van der Waals surface area contributed by atoms with Crippen molar-refractivity contribution in [1.82, 2.24) is 4.90 Å². The van der Waals surface area contributed by atoms with Gasteiger partial charge < -0.3 is 9.64 Å². The molecule has 3 rings (SSSR count). The van der Waals surface area contributed by atoms with Crippen molar-refractivity contribution in [2.45, 2.75) is 38.3 Å². The highest BCUT2D eigenvalue weighted by molar-refractivity contribution is 6.30. The molecule has 1 amide bonds. The molecule has 1 atom stereocenters. The number of carbonyl (C=O) groups is 1. The van der Waals surface area contributed by atoms with Crippen LogP contribution < -0.4 is 4.74 Å². The molecule has 3 nitrogen and oxygen atoms in total. The summed E-state index contributed by atoms with van der Waals surface area (Å²) >= 11 is 11.9. The van der Waals surface area contributed by atoms with Crippen LogP contribution >= 0.6 is 23.2 Å². The lowest BCUT2D eigenvalue weighted by Gasteiger charge is -2.33. The molecule has 2 aromatic carbocycles. The van der Waals surface area contributed by atoms with Crippen LogP contribution in [0.2, 0.25) is 10.0 Å². The number of halogens is 2. The monoisotopic (exact) mass is 377 g/mol. The van der Waals surface area contributed by atoms with Gasteiger partial charge in [0.15, 0.2) is 5.60 Å². The van der Waals surface area contributed by atoms with E-state index in [1.54, 1.807) is 38.1 Å². The van der Waals surface area contributed by atoms with Gasteiger partial charge in [-0.05, 0) is 68.7 Å². The zero-order valence-corrected chi connectivity index (χ0v) is 15.8. The smallest absolute Gasteiger partial charge is 0.266 e. The van der Waals surface area contributed by atoms with Gasteiger partial charge in [0.1, 0.15) is 5.75 Å². The van der Waals surface area contributed by atoms with Crippen molar-refractivity contribution in [2.24, 2.45) is 0 Å². The average molecular weight is 378 g/mol. The molecule has 1 unspecified atom stereocenters. The predicted molar refractivity (Wildman–Crippen MR) is 101 cm³/mol. The number of ether oxygens (including phenoxy) is 1. The van der Waals surface area contributed by atoms with E-state index in [2.05, 4.69) is 0 Å². The molecule has 0 bridgehead atoms. The van der Waals surface area contributed by atoms with Crippen LogP contribution in [0.1, 0.15) is 38.3 Å². The maximum atomic E-state index is 13.1. The minimum atomic E-state index is -0.956. The van der Waals surface area contributed by atoms with Crippen molar-refractivity contribution in [3.63, 3.8) is 0 Å². The minimum absolute atomic E-state index is 0.0140. The van der Waals surface area contributed by atoms with Gasteiger partial charge in [0.2, 0.25) is 0 Å². The van der Waals surface area contributed by atoms with Crippen molar-refractivity contribution in [1.29, 1.82) is 0 Å². The fourth-order valence-electron chi connectivity index (χ4n) is 3.23. The van der Waals surface area contributed by atoms with Gasteiger partial charge in [-0.1, -0.05) is 35.3 Å². The van der Waals surface area contributed by atoms with E-state index in [0.29, 0.717) is 15.8 Å². The summed E-state index contributed by atoms with van der Waals surface area (Å²) in [5.41, 5.74) is 0.153. The molecule has 1 saturated heterocycles. The van der Waals surface area contributed by atoms with E-state index in [9.17, 15) is 4.79 Å². The molecule has 1 aliphatic heterocycles. The Balaban J connectivity index is 1.77. The van der Waals surface area contributed by atoms with E-state index in [1.165, 1.54) is 0 Å². The van der Waals surface area contributed by atoms with Gasteiger partial charge in [0.25, 0.3) is 5.91 Å². The van der Waals surface area contributed by atoms with E-state index in [1.807, 2.05) is 29.2 Å². The highest BCUT2D eigenvalue weighted by Gasteiger charge is 2.40. The van der Waals surface area contributed by atoms with Crippen molar-refractivity contribution < 1.29 is 9.53 Å². The second-order valence-corrected chi connectivity index (χ2v) is 7.65. The molecule has 0 aliphatic carbocycles. The Bertz CT molecular complexity index is 741. The van der Waals surface area contributed by atoms with Crippen LogP contribution in [0.5, 0.6) is 5.75 Å². The van der Waals surface area contributed by atoms with E-state index >= 15 is 0 Å². The number of rotatable bonds is 4. The molecule has 2 aromatic rings. The van der Waals surface area contributed by atoms with Gasteiger partial charge in [-0.2, -0.15) is 0 Å². The van der Waals surface area contributed by atoms with Gasteiger partial charge in [0.05, 0.1) is 6.04 Å². The van der Waals surface area contributed by atoms with Crippen LogP contribution in [0, 0.1) is 0 Å². The molecule has 1 aliphatic rings. The summed E-state index contributed by atoms with van der Waals surface area (Å²) < 4.78 is 5.96. The summed E-state index contributed by atoms with van der Waals surface area (Å²) in [5.74, 6) is 0.616. The van der Waals surface area contributed by atoms with Gasteiger partial charge in [0, 0.05) is 16.6 Å². The Morgan fingerprint density at radius 1 is 1.04 bits per heavy atom. The Kier molecular flexibility index (Phi) is 5.26. The van der Waals surface area contributed by atoms with E-state index in [-0.39, 0.29) is 11.9 Å². The van der Waals surface area contributed by atoms with Gasteiger partial charge in [-0.3, -0.25) is 4.79 Å².